The molecule has 0 unspecified atom stereocenters. The smallest absolute Gasteiger partial charge is 0.220 e. The van der Waals surface area contributed by atoms with E-state index in [-0.39, 0.29) is 12.3 Å². The predicted molar refractivity (Wildman–Crippen MR) is 92.6 cm³/mol. The number of hydrogen-bond acceptors (Lipinski definition) is 4. The zero-order valence-electron chi connectivity index (χ0n) is 15.0. The Bertz CT molecular complexity index is 659. The van der Waals surface area contributed by atoms with Crippen molar-refractivity contribution in [2.24, 2.45) is 0 Å². The number of amides is 1. The van der Waals surface area contributed by atoms with Crippen LogP contribution in [0.2, 0.25) is 0 Å². The van der Waals surface area contributed by atoms with Crippen molar-refractivity contribution in [3.8, 4) is 0 Å². The molecule has 2 heterocycles. The molecule has 2 aliphatic rings. The number of hydrogen-bond donors (Lipinski definition) is 3. The molecule has 2 fully saturated rings. The first-order valence-electron chi connectivity index (χ1n) is 9.12. The molecule has 0 bridgehead atoms. The Morgan fingerprint density at radius 3 is 2.73 bits per heavy atom. The van der Waals surface area contributed by atoms with Gasteiger partial charge in [0.25, 0.3) is 0 Å². The summed E-state index contributed by atoms with van der Waals surface area (Å²) in [5.41, 5.74) is -0.821. The molecule has 1 aromatic carbocycles. The van der Waals surface area contributed by atoms with Crippen LogP contribution in [0.15, 0.2) is 18.2 Å². The standard InChI is InChI=1S/C19H26F2N2O3/c1-18(8-11-26-19(17(18)25)6-9-22-10-7-19)23-16(24)5-3-13-2-4-14(20)15(21)12-13/h2,4,12,17,22,25H,3,5-11H2,1H3,(H,23,24)/t17-,18+/m0/s1. The lowest BCUT2D eigenvalue weighted by atomic mass is 9.73. The first-order valence-corrected chi connectivity index (χ1v) is 9.12. The van der Waals surface area contributed by atoms with E-state index < -0.39 is 28.9 Å². The minimum absolute atomic E-state index is 0.142. The van der Waals surface area contributed by atoms with Gasteiger partial charge in [0, 0.05) is 13.0 Å². The number of carbonyl (C=O) groups excluding carboxylic acids is 1. The van der Waals surface area contributed by atoms with E-state index in [1.807, 2.05) is 6.92 Å². The topological polar surface area (TPSA) is 70.6 Å². The molecule has 0 aromatic heterocycles. The Kier molecular flexibility index (Phi) is 5.60. The molecule has 144 valence electrons. The number of aliphatic hydroxyl groups excluding tert-OH is 1. The van der Waals surface area contributed by atoms with Crippen LogP contribution in [0.4, 0.5) is 8.78 Å². The molecule has 0 saturated carbocycles. The molecular weight excluding hydrogens is 342 g/mol. The van der Waals surface area contributed by atoms with Crippen molar-refractivity contribution in [3.63, 3.8) is 0 Å². The third-order valence-corrected chi connectivity index (χ3v) is 5.61. The van der Waals surface area contributed by atoms with Gasteiger partial charge in [-0.1, -0.05) is 6.07 Å². The van der Waals surface area contributed by atoms with Gasteiger partial charge in [-0.2, -0.15) is 0 Å². The molecule has 0 aliphatic carbocycles. The first-order chi connectivity index (χ1) is 12.3. The number of benzene rings is 1. The highest BCUT2D eigenvalue weighted by Crippen LogP contribution is 2.38. The maximum Gasteiger partial charge on any atom is 0.220 e. The third kappa shape index (κ3) is 3.89. The number of carbonyl (C=O) groups is 1. The highest BCUT2D eigenvalue weighted by molar-refractivity contribution is 5.77. The molecule has 1 amide bonds. The van der Waals surface area contributed by atoms with Crippen molar-refractivity contribution in [2.75, 3.05) is 19.7 Å². The summed E-state index contributed by atoms with van der Waals surface area (Å²) in [6.45, 7) is 3.88. The van der Waals surface area contributed by atoms with Gasteiger partial charge in [0.1, 0.15) is 6.10 Å². The van der Waals surface area contributed by atoms with Gasteiger partial charge in [-0.15, -0.1) is 0 Å². The summed E-state index contributed by atoms with van der Waals surface area (Å²) in [5, 5.41) is 17.2. The van der Waals surface area contributed by atoms with Gasteiger partial charge in [-0.25, -0.2) is 8.78 Å². The van der Waals surface area contributed by atoms with Gasteiger partial charge < -0.3 is 20.5 Å². The normalized spacial score (nSPS) is 28.1. The quantitative estimate of drug-likeness (QED) is 0.756. The summed E-state index contributed by atoms with van der Waals surface area (Å²) >= 11 is 0. The maximum atomic E-state index is 13.3. The van der Waals surface area contributed by atoms with E-state index in [9.17, 15) is 18.7 Å². The van der Waals surface area contributed by atoms with E-state index in [1.54, 1.807) is 0 Å². The lowest BCUT2D eigenvalue weighted by molar-refractivity contribution is -0.200. The largest absolute Gasteiger partial charge is 0.388 e. The molecule has 3 N–H and O–H groups in total. The summed E-state index contributed by atoms with van der Waals surface area (Å²) in [7, 11) is 0. The van der Waals surface area contributed by atoms with Crippen molar-refractivity contribution in [1.82, 2.24) is 10.6 Å². The van der Waals surface area contributed by atoms with Crippen LogP contribution in [0.5, 0.6) is 0 Å². The number of halogens is 2. The fraction of sp³-hybridized carbons (Fsp3) is 0.632. The van der Waals surface area contributed by atoms with Gasteiger partial charge >= 0.3 is 0 Å². The predicted octanol–water partition coefficient (Wildman–Crippen LogP) is 1.68. The third-order valence-electron chi connectivity index (χ3n) is 5.61. The summed E-state index contributed by atoms with van der Waals surface area (Å²) in [4.78, 5) is 12.4. The molecule has 2 saturated heterocycles. The number of ether oxygens (including phenoxy) is 1. The summed E-state index contributed by atoms with van der Waals surface area (Å²) in [6, 6.07) is 3.64. The Morgan fingerprint density at radius 1 is 1.31 bits per heavy atom. The van der Waals surface area contributed by atoms with Crippen molar-refractivity contribution in [1.29, 1.82) is 0 Å². The van der Waals surface area contributed by atoms with E-state index in [0.717, 1.165) is 25.2 Å². The summed E-state index contributed by atoms with van der Waals surface area (Å²) in [6.07, 6.45) is 1.59. The Hall–Kier alpha value is -1.57. The van der Waals surface area contributed by atoms with Gasteiger partial charge in [-0.3, -0.25) is 4.79 Å². The molecule has 2 aliphatic heterocycles. The summed E-state index contributed by atoms with van der Waals surface area (Å²) in [5.74, 6) is -2.03. The van der Waals surface area contributed by atoms with Crippen LogP contribution in [0.3, 0.4) is 0 Å². The Labute approximate surface area is 152 Å². The number of rotatable bonds is 4. The van der Waals surface area contributed by atoms with Crippen LogP contribution < -0.4 is 10.6 Å². The molecule has 0 radical (unpaired) electrons. The SMILES string of the molecule is C[C@@]1(NC(=O)CCc2ccc(F)c(F)c2)CCOC2(CCNCC2)[C@H]1O. The average Bonchev–Trinajstić information content (AvgIpc) is 2.62. The zero-order valence-corrected chi connectivity index (χ0v) is 15.0. The van der Waals surface area contributed by atoms with Crippen molar-refractivity contribution < 1.29 is 23.4 Å². The van der Waals surface area contributed by atoms with E-state index >= 15 is 0 Å². The lowest BCUT2D eigenvalue weighted by Gasteiger charge is -2.52. The fourth-order valence-corrected chi connectivity index (χ4v) is 4.00. The second-order valence-electron chi connectivity index (χ2n) is 7.53. The summed E-state index contributed by atoms with van der Waals surface area (Å²) < 4.78 is 32.2. The lowest BCUT2D eigenvalue weighted by Crippen LogP contribution is -2.69. The molecule has 1 spiro atoms. The molecule has 26 heavy (non-hydrogen) atoms. The highest BCUT2D eigenvalue weighted by Gasteiger charge is 2.52. The van der Waals surface area contributed by atoms with Crippen LogP contribution >= 0.6 is 0 Å². The van der Waals surface area contributed by atoms with Crippen LogP contribution in [0, 0.1) is 11.6 Å². The zero-order chi connectivity index (χ0) is 18.8. The highest BCUT2D eigenvalue weighted by atomic mass is 19.2. The Morgan fingerprint density at radius 2 is 2.04 bits per heavy atom. The van der Waals surface area contributed by atoms with Crippen LogP contribution in [0.1, 0.15) is 38.2 Å². The molecule has 7 heteroatoms. The van der Waals surface area contributed by atoms with Gasteiger partial charge in [0.05, 0.1) is 11.1 Å². The number of nitrogens with one attached hydrogen (secondary N) is 2. The minimum atomic E-state index is -0.914. The van der Waals surface area contributed by atoms with Crippen molar-refractivity contribution in [2.45, 2.75) is 56.3 Å². The first kappa shape index (κ1) is 19.2. The van der Waals surface area contributed by atoms with Crippen LogP contribution in [-0.2, 0) is 16.0 Å². The molecule has 5 nitrogen and oxygen atoms in total. The van der Waals surface area contributed by atoms with E-state index in [1.165, 1.54) is 6.07 Å². The maximum absolute atomic E-state index is 13.3. The van der Waals surface area contributed by atoms with E-state index in [2.05, 4.69) is 10.6 Å². The molecular formula is C19H26F2N2O3. The monoisotopic (exact) mass is 368 g/mol. The fourth-order valence-electron chi connectivity index (χ4n) is 4.00. The van der Waals surface area contributed by atoms with Crippen molar-refractivity contribution >= 4 is 5.91 Å². The average molecular weight is 368 g/mol. The van der Waals surface area contributed by atoms with Crippen molar-refractivity contribution in [3.05, 3.63) is 35.4 Å². The number of piperidine rings is 1. The second-order valence-corrected chi connectivity index (χ2v) is 7.53. The van der Waals surface area contributed by atoms with Crippen LogP contribution in [0.25, 0.3) is 0 Å². The molecule has 2 atom stereocenters. The molecule has 1 aromatic rings. The van der Waals surface area contributed by atoms with Gasteiger partial charge in [0.2, 0.25) is 5.91 Å². The van der Waals surface area contributed by atoms with Gasteiger partial charge in [-0.05, 0) is 63.4 Å². The Balaban J connectivity index is 1.60. The van der Waals surface area contributed by atoms with Gasteiger partial charge in [0.15, 0.2) is 11.6 Å². The molecule has 3 rings (SSSR count). The van der Waals surface area contributed by atoms with E-state index in [0.29, 0.717) is 37.9 Å². The van der Waals surface area contributed by atoms with E-state index in [4.69, 9.17) is 4.74 Å². The van der Waals surface area contributed by atoms with Crippen LogP contribution in [-0.4, -0.2) is 48.0 Å². The number of aryl methyl sites for hydroxylation is 1. The number of aliphatic hydroxyl groups is 1. The second kappa shape index (κ2) is 7.58. The minimum Gasteiger partial charge on any atom is -0.388 e.